The Morgan fingerprint density at radius 2 is 0.375 bits per heavy atom. The molecular weight excluding hydrogens is 705 g/mol. The number of halogens is 1. The van der Waals surface area contributed by atoms with E-state index in [4.69, 9.17) is 28.2 Å². The zero-order chi connectivity index (χ0) is 28.8. The van der Waals surface area contributed by atoms with E-state index >= 15 is 0 Å². The standard InChI is InChI=1S/4C5H10.C2H2N.2CHO.4CO.ClH.4Fe/c4*1-2-4-5-3-1;1-3-2;6*1-2;;;;;/h4*1-5H2;1-2H;2*1H;;;;;1H;;;;/q;;;;3*-1;;;;;;;;2*+2/p-1. The van der Waals surface area contributed by atoms with Gasteiger partial charge in [0.05, 0.1) is 0 Å². The van der Waals surface area contributed by atoms with Gasteiger partial charge in [0.15, 0.2) is 0 Å². The third-order valence-corrected chi connectivity index (χ3v) is 5.00. The molecule has 4 fully saturated rings. The first-order valence-corrected chi connectivity index (χ1v) is 11.8. The van der Waals surface area contributed by atoms with Crippen LogP contribution < -0.4 is 17.1 Å². The summed E-state index contributed by atoms with van der Waals surface area (Å²) in [5.74, 6) is 0. The summed E-state index contributed by atoms with van der Waals surface area (Å²) < 4.78 is 32.5. The third kappa shape index (κ3) is 130. The van der Waals surface area contributed by atoms with Crippen LogP contribution in [-0.4, -0.2) is 27.0 Å². The Morgan fingerprint density at radius 1 is 0.350 bits per heavy atom. The Hall–Kier alpha value is 0.118. The van der Waals surface area contributed by atoms with E-state index in [9.17, 15) is 0 Å². The zero-order valence-corrected chi connectivity index (χ0v) is 28.3. The molecule has 0 heterocycles. The summed E-state index contributed by atoms with van der Waals surface area (Å²) >= 11 is 0. The van der Waals surface area contributed by atoms with Crippen molar-refractivity contribution in [2.75, 3.05) is 0 Å². The van der Waals surface area contributed by atoms with E-state index in [1.165, 1.54) is 128 Å². The largest absolute Gasteiger partial charge is 2.00 e. The Bertz CT molecular complexity index is 339. The van der Waals surface area contributed by atoms with Gasteiger partial charge in [0.1, 0.15) is 0 Å². The fourth-order valence-corrected chi connectivity index (χ4v) is 3.54. The SMILES string of the molecule is C1CCCC1.C1CCCC1.C1CCCC1.C1CCCC1.[C-]#[O+].[C-]#[O+].[C-]#[O+].[C-]#[O+].[CH-]=O.[CH-]=O.[CH-]=[N+]=[CH-].[Cl-].[Fe+2].[Fe+2].[Fe].[Fe]. The summed E-state index contributed by atoms with van der Waals surface area (Å²) in [5, 5.41) is 0. The van der Waals surface area contributed by atoms with Crippen molar-refractivity contribution in [3.63, 3.8) is 0 Å². The van der Waals surface area contributed by atoms with E-state index in [2.05, 4.69) is 58.3 Å². The maximum atomic E-state index is 7.75. The average Bonchev–Trinajstić information content (AvgIpc) is 3.83. The van der Waals surface area contributed by atoms with Crippen LogP contribution in [0.5, 0.6) is 0 Å². The Labute approximate surface area is 293 Å². The summed E-state index contributed by atoms with van der Waals surface area (Å²) in [5.41, 5.74) is 0. The van der Waals surface area contributed by atoms with Crippen LogP contribution in [0.1, 0.15) is 128 Å². The molecule has 4 saturated carbocycles. The molecule has 0 spiro atoms. The van der Waals surface area contributed by atoms with Crippen LogP contribution in [0.15, 0.2) is 0 Å². The second-order valence-electron chi connectivity index (χ2n) is 7.22. The Morgan fingerprint density at radius 3 is 0.400 bits per heavy atom. The molecule has 0 saturated heterocycles. The maximum Gasteiger partial charge on any atom is 2.00 e. The predicted octanol–water partition coefficient (Wildman–Crippen LogP) is 3.31. The fraction of sp³-hybridized carbons (Fsp3) is 0.714. The molecule has 40 heavy (non-hydrogen) atoms. The van der Waals surface area contributed by atoms with E-state index in [-0.39, 0.29) is 80.7 Å². The zero-order valence-electron chi connectivity index (χ0n) is 23.1. The molecule has 4 aliphatic carbocycles. The summed E-state index contributed by atoms with van der Waals surface area (Å²) in [7, 11) is 0. The van der Waals surface area contributed by atoms with Crippen LogP contribution in [0, 0.1) is 26.6 Å². The second kappa shape index (κ2) is 127. The minimum absolute atomic E-state index is 0. The van der Waals surface area contributed by atoms with Gasteiger partial charge in [-0.2, -0.15) is 0 Å². The number of nitrogens with zero attached hydrogens (tertiary/aromatic N) is 1. The summed E-state index contributed by atoms with van der Waals surface area (Å²) in [6, 6.07) is 0. The minimum Gasteiger partial charge on any atom is -1.00 e. The van der Waals surface area contributed by atoms with Crippen LogP contribution in [0.4, 0.5) is 0 Å². The quantitative estimate of drug-likeness (QED) is 0.0942. The molecule has 12 heteroatoms. The van der Waals surface area contributed by atoms with E-state index in [1.807, 2.05) is 0 Å². The number of carbonyl (C=O) groups excluding carboxylic acids is 2. The van der Waals surface area contributed by atoms with Gasteiger partial charge in [-0.3, -0.25) is 13.6 Å². The van der Waals surface area contributed by atoms with Crippen molar-refractivity contribution >= 4 is 27.0 Å². The van der Waals surface area contributed by atoms with E-state index in [1.54, 1.807) is 0 Å². The number of hydrogen-bond acceptors (Lipinski definition) is 2. The average molecular weight is 749 g/mol. The van der Waals surface area contributed by atoms with E-state index in [0.29, 0.717) is 0 Å². The second-order valence-corrected chi connectivity index (χ2v) is 7.22. The third-order valence-electron chi connectivity index (χ3n) is 5.00. The normalized spacial score (nSPS) is 12.6. The Balaban J connectivity index is -0.0000000219. The van der Waals surface area contributed by atoms with Crippen LogP contribution >= 0.6 is 0 Å². The maximum absolute atomic E-state index is 7.75. The molecule has 0 radical (unpaired) electrons. The van der Waals surface area contributed by atoms with Crippen molar-refractivity contribution in [2.24, 2.45) is 0 Å². The van der Waals surface area contributed by atoms with Gasteiger partial charge in [0.2, 0.25) is 0 Å². The summed E-state index contributed by atoms with van der Waals surface area (Å²) in [6.45, 7) is 33.0. The van der Waals surface area contributed by atoms with Crippen LogP contribution in [-0.2, 0) is 96.5 Å². The molecule has 0 atom stereocenters. The molecule has 4 rings (SSSR count). The molecule has 0 unspecified atom stereocenters. The van der Waals surface area contributed by atoms with Crippen LogP contribution in [0.3, 0.4) is 0 Å². The van der Waals surface area contributed by atoms with E-state index < -0.39 is 0 Å². The van der Waals surface area contributed by atoms with E-state index in [0.717, 1.165) is 0 Å². The van der Waals surface area contributed by atoms with Crippen LogP contribution in [0.25, 0.3) is 0 Å². The van der Waals surface area contributed by atoms with Gasteiger partial charge in [-0.05, 0) is 0 Å². The number of hydrogen-bond donors (Lipinski definition) is 0. The first-order chi connectivity index (χ1) is 17.4. The fourth-order valence-electron chi connectivity index (χ4n) is 3.54. The summed E-state index contributed by atoms with van der Waals surface area (Å²) in [6.07, 6.45) is 30.0. The molecule has 0 aliphatic heterocycles. The molecule has 236 valence electrons. The smallest absolute Gasteiger partial charge is 1.00 e. The van der Waals surface area contributed by atoms with Gasteiger partial charge in [-0.25, -0.2) is 0 Å². The molecule has 0 N–H and O–H groups in total. The first-order valence-electron chi connectivity index (χ1n) is 11.8. The van der Waals surface area contributed by atoms with Crippen molar-refractivity contribution in [1.82, 2.24) is 4.67 Å². The van der Waals surface area contributed by atoms with Crippen molar-refractivity contribution in [2.45, 2.75) is 128 Å². The molecular formula is C28H44ClFe4NO6. The van der Waals surface area contributed by atoms with Crippen molar-refractivity contribution in [3.05, 3.63) is 26.6 Å². The van der Waals surface area contributed by atoms with Crippen LogP contribution in [0.2, 0.25) is 0 Å². The van der Waals surface area contributed by atoms with Crippen molar-refractivity contribution < 1.29 is 109 Å². The van der Waals surface area contributed by atoms with Gasteiger partial charge in [0.25, 0.3) is 0 Å². The predicted molar refractivity (Wildman–Crippen MR) is 136 cm³/mol. The monoisotopic (exact) mass is 749 g/mol. The molecule has 0 amide bonds. The molecule has 0 aromatic carbocycles. The molecule has 0 aromatic rings. The minimum atomic E-state index is 0. The summed E-state index contributed by atoms with van der Waals surface area (Å²) in [4.78, 5) is 15.5. The number of rotatable bonds is 0. The van der Waals surface area contributed by atoms with Gasteiger partial charge < -0.3 is 26.7 Å². The molecule has 0 aromatic heterocycles. The molecule has 0 bridgehead atoms. The first kappa shape index (κ1) is 77.6. The van der Waals surface area contributed by atoms with Gasteiger partial charge in [-0.1, -0.05) is 128 Å². The molecule has 4 aliphatic rings. The Kier molecular flexibility index (Phi) is 247. The van der Waals surface area contributed by atoms with Gasteiger partial charge >= 0.3 is 79.3 Å². The van der Waals surface area contributed by atoms with Crippen molar-refractivity contribution in [3.8, 4) is 0 Å². The van der Waals surface area contributed by atoms with Gasteiger partial charge in [0, 0.05) is 34.1 Å². The van der Waals surface area contributed by atoms with Gasteiger partial charge in [-0.15, -0.1) is 13.4 Å². The topological polar surface area (TPSA) is 128 Å². The molecule has 7 nitrogen and oxygen atoms in total. The van der Waals surface area contributed by atoms with Crippen molar-refractivity contribution in [1.29, 1.82) is 0 Å².